The summed E-state index contributed by atoms with van der Waals surface area (Å²) >= 11 is 0. The summed E-state index contributed by atoms with van der Waals surface area (Å²) in [7, 11) is 1.56. The molecule has 1 N–H and O–H groups in total. The summed E-state index contributed by atoms with van der Waals surface area (Å²) in [5, 5.41) is 4.13. The molecule has 0 atom stereocenters. The molecule has 2 aromatic heterocycles. The van der Waals surface area contributed by atoms with Crippen LogP contribution in [0.5, 0.6) is 5.88 Å². The monoisotopic (exact) mass is 396 g/mol. The van der Waals surface area contributed by atoms with Gasteiger partial charge in [0.2, 0.25) is 5.88 Å². The Morgan fingerprint density at radius 2 is 1.66 bits per heavy atom. The van der Waals surface area contributed by atoms with Crippen molar-refractivity contribution < 1.29 is 17.9 Å². The summed E-state index contributed by atoms with van der Waals surface area (Å²) in [6.07, 6.45) is -3.01. The molecule has 4 aromatic rings. The van der Waals surface area contributed by atoms with Crippen LogP contribution in [0.1, 0.15) is 5.56 Å². The fourth-order valence-electron chi connectivity index (χ4n) is 2.85. The van der Waals surface area contributed by atoms with Gasteiger partial charge < -0.3 is 10.1 Å². The lowest BCUT2D eigenvalue weighted by molar-refractivity contribution is -0.137. The van der Waals surface area contributed by atoms with E-state index in [0.717, 1.165) is 28.7 Å². The van der Waals surface area contributed by atoms with E-state index in [0.29, 0.717) is 23.0 Å². The average Bonchev–Trinajstić information content (AvgIpc) is 2.73. The first-order valence-corrected chi connectivity index (χ1v) is 8.64. The van der Waals surface area contributed by atoms with Crippen molar-refractivity contribution >= 4 is 22.4 Å². The highest BCUT2D eigenvalue weighted by molar-refractivity contribution is 5.83. The van der Waals surface area contributed by atoms with Crippen molar-refractivity contribution in [2.75, 3.05) is 12.4 Å². The zero-order valence-corrected chi connectivity index (χ0v) is 15.2. The van der Waals surface area contributed by atoms with Crippen LogP contribution < -0.4 is 10.1 Å². The molecule has 0 bridgehead atoms. The third-order valence-corrected chi connectivity index (χ3v) is 4.32. The first-order chi connectivity index (χ1) is 13.9. The first kappa shape index (κ1) is 18.7. The van der Waals surface area contributed by atoms with Crippen LogP contribution in [0.3, 0.4) is 0 Å². The molecule has 0 aliphatic rings. The number of anilines is 2. The standard InChI is InChI=1S/C21H15F3N4O/c1-29-20-9-5-14-4-8-16(10-18(14)28-20)27-19-11-17(25-12-26-19)13-2-6-15(7-3-13)21(22,23)24/h2-12H,1H3,(H,25,26,27). The molecule has 0 amide bonds. The van der Waals surface area contributed by atoms with Crippen LogP contribution in [0.4, 0.5) is 24.7 Å². The Morgan fingerprint density at radius 1 is 0.897 bits per heavy atom. The number of pyridine rings is 1. The van der Waals surface area contributed by atoms with Gasteiger partial charge in [0.25, 0.3) is 0 Å². The third kappa shape index (κ3) is 4.11. The topological polar surface area (TPSA) is 59.9 Å². The number of methoxy groups -OCH3 is 1. The summed E-state index contributed by atoms with van der Waals surface area (Å²) in [6, 6.07) is 15.9. The number of fused-ring (bicyclic) bond motifs is 1. The van der Waals surface area contributed by atoms with E-state index < -0.39 is 11.7 Å². The lowest BCUT2D eigenvalue weighted by Crippen LogP contribution is -2.04. The van der Waals surface area contributed by atoms with E-state index in [1.807, 2.05) is 24.3 Å². The highest BCUT2D eigenvalue weighted by Gasteiger charge is 2.30. The van der Waals surface area contributed by atoms with Gasteiger partial charge in [-0.25, -0.2) is 15.0 Å². The lowest BCUT2D eigenvalue weighted by Gasteiger charge is -2.10. The molecular formula is C21H15F3N4O. The Kier molecular flexibility index (Phi) is 4.75. The molecule has 0 aliphatic carbocycles. The van der Waals surface area contributed by atoms with Crippen LogP contribution in [0.25, 0.3) is 22.2 Å². The number of rotatable bonds is 4. The van der Waals surface area contributed by atoms with E-state index in [2.05, 4.69) is 20.3 Å². The van der Waals surface area contributed by atoms with E-state index in [9.17, 15) is 13.2 Å². The van der Waals surface area contributed by atoms with Crippen molar-refractivity contribution in [1.82, 2.24) is 15.0 Å². The summed E-state index contributed by atoms with van der Waals surface area (Å²) in [5.41, 5.74) is 1.89. The van der Waals surface area contributed by atoms with Crippen LogP contribution in [0, 0.1) is 0 Å². The highest BCUT2D eigenvalue weighted by Crippen LogP contribution is 2.31. The van der Waals surface area contributed by atoms with Crippen LogP contribution in [0.2, 0.25) is 0 Å². The first-order valence-electron chi connectivity index (χ1n) is 8.64. The van der Waals surface area contributed by atoms with Gasteiger partial charge in [-0.15, -0.1) is 0 Å². The van der Waals surface area contributed by atoms with Gasteiger partial charge in [-0.1, -0.05) is 18.2 Å². The van der Waals surface area contributed by atoms with Crippen LogP contribution in [0.15, 0.2) is 67.0 Å². The van der Waals surface area contributed by atoms with Gasteiger partial charge in [-0.3, -0.25) is 0 Å². The number of hydrogen-bond donors (Lipinski definition) is 1. The molecule has 29 heavy (non-hydrogen) atoms. The predicted molar refractivity (Wildman–Crippen MR) is 104 cm³/mol. The predicted octanol–water partition coefficient (Wildman–Crippen LogP) is 5.46. The summed E-state index contributed by atoms with van der Waals surface area (Å²) in [4.78, 5) is 12.7. The van der Waals surface area contributed by atoms with E-state index in [1.165, 1.54) is 18.5 Å². The van der Waals surface area contributed by atoms with Gasteiger partial charge in [0.1, 0.15) is 12.1 Å². The molecule has 5 nitrogen and oxygen atoms in total. The number of ether oxygens (including phenoxy) is 1. The number of nitrogens with zero attached hydrogens (tertiary/aromatic N) is 3. The smallest absolute Gasteiger partial charge is 0.416 e. The Labute approximate surface area is 164 Å². The van der Waals surface area contributed by atoms with Crippen molar-refractivity contribution in [3.63, 3.8) is 0 Å². The molecule has 2 heterocycles. The quantitative estimate of drug-likeness (QED) is 0.496. The maximum atomic E-state index is 12.7. The molecule has 0 saturated carbocycles. The van der Waals surface area contributed by atoms with Crippen LogP contribution in [-0.4, -0.2) is 22.1 Å². The minimum Gasteiger partial charge on any atom is -0.481 e. The number of halogens is 3. The fraction of sp³-hybridized carbons (Fsp3) is 0.0952. The molecule has 146 valence electrons. The second-order valence-electron chi connectivity index (χ2n) is 6.25. The molecule has 0 fully saturated rings. The van der Waals surface area contributed by atoms with Crippen LogP contribution >= 0.6 is 0 Å². The van der Waals surface area contributed by atoms with Gasteiger partial charge in [0.15, 0.2) is 0 Å². The third-order valence-electron chi connectivity index (χ3n) is 4.32. The molecule has 0 radical (unpaired) electrons. The Morgan fingerprint density at radius 3 is 2.38 bits per heavy atom. The second-order valence-corrected chi connectivity index (χ2v) is 6.25. The minimum atomic E-state index is -4.37. The number of benzene rings is 2. The maximum absolute atomic E-state index is 12.7. The molecule has 8 heteroatoms. The second kappa shape index (κ2) is 7.38. The number of aromatic nitrogens is 3. The van der Waals surface area contributed by atoms with Gasteiger partial charge in [0.05, 0.1) is 23.9 Å². The molecule has 0 aliphatic heterocycles. The highest BCUT2D eigenvalue weighted by atomic mass is 19.4. The van der Waals surface area contributed by atoms with E-state index in [-0.39, 0.29) is 0 Å². The van der Waals surface area contributed by atoms with Crippen molar-refractivity contribution in [2.45, 2.75) is 6.18 Å². The molecule has 0 saturated heterocycles. The average molecular weight is 396 g/mol. The Bertz CT molecular complexity index is 1160. The van der Waals surface area contributed by atoms with Crippen molar-refractivity contribution in [3.8, 4) is 17.1 Å². The molecule has 0 unspecified atom stereocenters. The zero-order chi connectivity index (χ0) is 20.4. The summed E-state index contributed by atoms with van der Waals surface area (Å²) in [6.45, 7) is 0. The zero-order valence-electron chi connectivity index (χ0n) is 15.2. The fourth-order valence-corrected chi connectivity index (χ4v) is 2.85. The van der Waals surface area contributed by atoms with Crippen molar-refractivity contribution in [3.05, 3.63) is 72.6 Å². The number of alkyl halides is 3. The molecule has 4 rings (SSSR count). The lowest BCUT2D eigenvalue weighted by atomic mass is 10.1. The maximum Gasteiger partial charge on any atom is 0.416 e. The van der Waals surface area contributed by atoms with Gasteiger partial charge in [-0.2, -0.15) is 13.2 Å². The van der Waals surface area contributed by atoms with Gasteiger partial charge in [0, 0.05) is 28.8 Å². The van der Waals surface area contributed by atoms with E-state index in [1.54, 1.807) is 19.2 Å². The summed E-state index contributed by atoms with van der Waals surface area (Å²) < 4.78 is 43.4. The normalized spacial score (nSPS) is 11.4. The summed E-state index contributed by atoms with van der Waals surface area (Å²) in [5.74, 6) is 1.03. The number of hydrogen-bond acceptors (Lipinski definition) is 5. The molecular weight excluding hydrogens is 381 g/mol. The largest absolute Gasteiger partial charge is 0.481 e. The van der Waals surface area contributed by atoms with Gasteiger partial charge >= 0.3 is 6.18 Å². The van der Waals surface area contributed by atoms with Crippen LogP contribution in [-0.2, 0) is 6.18 Å². The van der Waals surface area contributed by atoms with E-state index in [4.69, 9.17) is 4.74 Å². The van der Waals surface area contributed by atoms with Crippen molar-refractivity contribution in [1.29, 1.82) is 0 Å². The molecule has 0 spiro atoms. The number of nitrogens with one attached hydrogen (secondary N) is 1. The Balaban J connectivity index is 1.60. The van der Waals surface area contributed by atoms with Crippen molar-refractivity contribution in [2.24, 2.45) is 0 Å². The minimum absolute atomic E-state index is 0.511. The SMILES string of the molecule is COc1ccc2ccc(Nc3cc(-c4ccc(C(F)(F)F)cc4)ncn3)cc2n1. The molecule has 2 aromatic carbocycles. The van der Waals surface area contributed by atoms with E-state index >= 15 is 0 Å². The Hall–Kier alpha value is -3.68. The van der Waals surface area contributed by atoms with Gasteiger partial charge in [-0.05, 0) is 30.3 Å².